The summed E-state index contributed by atoms with van der Waals surface area (Å²) in [4.78, 5) is 12.4. The summed E-state index contributed by atoms with van der Waals surface area (Å²) in [6.45, 7) is 0.703. The zero-order valence-electron chi connectivity index (χ0n) is 11.2. The molecule has 1 amide bonds. The summed E-state index contributed by atoms with van der Waals surface area (Å²) in [5.74, 6) is 0.138. The van der Waals surface area contributed by atoms with E-state index in [9.17, 15) is 4.79 Å². The molecule has 0 saturated carbocycles. The van der Waals surface area contributed by atoms with Gasteiger partial charge in [0.1, 0.15) is 6.54 Å². The zero-order valence-corrected chi connectivity index (χ0v) is 12.0. The molecule has 0 aliphatic rings. The van der Waals surface area contributed by atoms with E-state index in [2.05, 4.69) is 12.1 Å². The first-order valence-electron chi connectivity index (χ1n) is 6.06. The Hall–Kier alpha value is -1.64. The normalized spacial score (nSPS) is 10.6. The number of rotatable bonds is 3. The van der Waals surface area contributed by atoms with Crippen molar-refractivity contribution in [3.05, 3.63) is 71.8 Å². The van der Waals surface area contributed by atoms with Gasteiger partial charge in [-0.15, -0.1) is 0 Å². The van der Waals surface area contributed by atoms with Crippen LogP contribution in [0.25, 0.3) is 0 Å². The summed E-state index contributed by atoms with van der Waals surface area (Å²) >= 11 is 0. The lowest BCUT2D eigenvalue weighted by Crippen LogP contribution is -3.00. The molecule has 0 atom stereocenters. The van der Waals surface area contributed by atoms with Crippen LogP contribution < -0.4 is 12.4 Å². The van der Waals surface area contributed by atoms with Crippen LogP contribution >= 0.6 is 0 Å². The van der Waals surface area contributed by atoms with Gasteiger partial charge in [-0.2, -0.15) is 0 Å². The lowest BCUT2D eigenvalue weighted by molar-refractivity contribution is -0.821. The standard InChI is InChI=1S/C16H18NO.ClH/c1-17(2,13-14-9-5-3-6-10-14)16(18)15-11-7-4-8-12-15;/h3-12H,13H2,1-2H3;1H/q+1;/p-1. The predicted octanol–water partition coefficient (Wildman–Crippen LogP) is 0.107. The largest absolute Gasteiger partial charge is 1.00 e. The number of halogens is 1. The van der Waals surface area contributed by atoms with E-state index in [1.165, 1.54) is 5.56 Å². The smallest absolute Gasteiger partial charge is 0.345 e. The lowest BCUT2D eigenvalue weighted by Gasteiger charge is -2.26. The van der Waals surface area contributed by atoms with Crippen molar-refractivity contribution >= 4 is 5.91 Å². The molecule has 0 aliphatic heterocycles. The molecular formula is C16H18ClNO. The van der Waals surface area contributed by atoms with E-state index in [1.54, 1.807) is 0 Å². The Morgan fingerprint density at radius 3 is 1.89 bits per heavy atom. The van der Waals surface area contributed by atoms with Gasteiger partial charge < -0.3 is 12.4 Å². The fourth-order valence-corrected chi connectivity index (χ4v) is 2.04. The average Bonchev–Trinajstić information content (AvgIpc) is 2.39. The molecule has 0 aliphatic carbocycles. The van der Waals surface area contributed by atoms with E-state index >= 15 is 0 Å². The highest BCUT2D eigenvalue weighted by molar-refractivity contribution is 5.88. The Kier molecular flexibility index (Phi) is 5.28. The second-order valence-corrected chi connectivity index (χ2v) is 5.00. The summed E-state index contributed by atoms with van der Waals surface area (Å²) in [5, 5.41) is 0. The second-order valence-electron chi connectivity index (χ2n) is 5.00. The van der Waals surface area contributed by atoms with Gasteiger partial charge in [0.15, 0.2) is 0 Å². The zero-order chi connectivity index (χ0) is 13.0. The molecular weight excluding hydrogens is 258 g/mol. The maximum atomic E-state index is 12.4. The minimum absolute atomic E-state index is 0. The van der Waals surface area contributed by atoms with Crippen molar-refractivity contribution in [2.45, 2.75) is 6.54 Å². The van der Waals surface area contributed by atoms with Crippen molar-refractivity contribution in [3.63, 3.8) is 0 Å². The van der Waals surface area contributed by atoms with Crippen LogP contribution in [-0.4, -0.2) is 24.5 Å². The maximum absolute atomic E-state index is 12.4. The Morgan fingerprint density at radius 2 is 1.37 bits per heavy atom. The number of carbonyl (C=O) groups excluding carboxylic acids is 1. The molecule has 2 rings (SSSR count). The van der Waals surface area contributed by atoms with Gasteiger partial charge in [0.25, 0.3) is 0 Å². The highest BCUT2D eigenvalue weighted by Crippen LogP contribution is 2.14. The van der Waals surface area contributed by atoms with Crippen LogP contribution in [0, 0.1) is 0 Å². The van der Waals surface area contributed by atoms with E-state index < -0.39 is 0 Å². The van der Waals surface area contributed by atoms with Crippen molar-refractivity contribution in [1.29, 1.82) is 0 Å². The SMILES string of the molecule is C[N+](C)(Cc1ccccc1)C(=O)c1ccccc1.[Cl-]. The average molecular weight is 276 g/mol. The topological polar surface area (TPSA) is 17.1 Å². The van der Waals surface area contributed by atoms with Gasteiger partial charge >= 0.3 is 5.91 Å². The van der Waals surface area contributed by atoms with Crippen LogP contribution in [0.3, 0.4) is 0 Å². The van der Waals surface area contributed by atoms with Crippen molar-refractivity contribution in [3.8, 4) is 0 Å². The number of quaternary nitrogens is 1. The summed E-state index contributed by atoms with van der Waals surface area (Å²) < 4.78 is 0.327. The predicted molar refractivity (Wildman–Crippen MR) is 73.0 cm³/mol. The third-order valence-corrected chi connectivity index (χ3v) is 2.99. The second kappa shape index (κ2) is 6.50. The van der Waals surface area contributed by atoms with Crippen molar-refractivity contribution in [2.24, 2.45) is 0 Å². The van der Waals surface area contributed by atoms with E-state index in [-0.39, 0.29) is 18.3 Å². The summed E-state index contributed by atoms with van der Waals surface area (Å²) in [5.41, 5.74) is 1.94. The van der Waals surface area contributed by atoms with Crippen LogP contribution in [0.2, 0.25) is 0 Å². The molecule has 0 radical (unpaired) electrons. The first-order valence-corrected chi connectivity index (χ1v) is 6.06. The Balaban J connectivity index is 0.00000180. The molecule has 2 aromatic rings. The fourth-order valence-electron chi connectivity index (χ4n) is 2.04. The molecule has 19 heavy (non-hydrogen) atoms. The van der Waals surface area contributed by atoms with Crippen LogP contribution in [0.4, 0.5) is 0 Å². The number of benzene rings is 2. The molecule has 0 aromatic heterocycles. The van der Waals surface area contributed by atoms with Crippen molar-refractivity contribution in [1.82, 2.24) is 0 Å². The summed E-state index contributed by atoms with van der Waals surface area (Å²) in [6, 6.07) is 19.6. The van der Waals surface area contributed by atoms with Crippen molar-refractivity contribution < 1.29 is 21.7 Å². The van der Waals surface area contributed by atoms with Gasteiger partial charge in [0, 0.05) is 5.56 Å². The van der Waals surface area contributed by atoms with Gasteiger partial charge in [-0.1, -0.05) is 48.5 Å². The van der Waals surface area contributed by atoms with Gasteiger partial charge in [-0.05, 0) is 12.1 Å². The summed E-state index contributed by atoms with van der Waals surface area (Å²) in [6.07, 6.45) is 0. The third-order valence-electron chi connectivity index (χ3n) is 2.99. The maximum Gasteiger partial charge on any atom is 0.345 e. The number of amides is 1. The molecule has 2 nitrogen and oxygen atoms in total. The van der Waals surface area contributed by atoms with Crippen molar-refractivity contribution in [2.75, 3.05) is 14.1 Å². The van der Waals surface area contributed by atoms with E-state index in [1.807, 2.05) is 62.6 Å². The molecule has 0 fully saturated rings. The summed E-state index contributed by atoms with van der Waals surface area (Å²) in [7, 11) is 3.89. The number of nitrogens with zero attached hydrogens (tertiary/aromatic N) is 1. The number of hydrogen-bond acceptors (Lipinski definition) is 1. The Labute approximate surface area is 120 Å². The van der Waals surface area contributed by atoms with E-state index in [0.29, 0.717) is 11.0 Å². The third kappa shape index (κ3) is 3.91. The molecule has 0 N–H and O–H groups in total. The van der Waals surface area contributed by atoms with E-state index in [4.69, 9.17) is 0 Å². The molecule has 3 heteroatoms. The molecule has 0 spiro atoms. The fraction of sp³-hybridized carbons (Fsp3) is 0.188. The molecule has 0 unspecified atom stereocenters. The molecule has 0 saturated heterocycles. The van der Waals surface area contributed by atoms with Gasteiger partial charge in [0.05, 0.1) is 19.7 Å². The number of carbonyl (C=O) groups is 1. The molecule has 0 bridgehead atoms. The monoisotopic (exact) mass is 275 g/mol. The first kappa shape index (κ1) is 15.4. The minimum atomic E-state index is 0. The molecule has 2 aromatic carbocycles. The Morgan fingerprint density at radius 1 is 0.895 bits per heavy atom. The van der Waals surface area contributed by atoms with Crippen LogP contribution in [0.15, 0.2) is 60.7 Å². The number of hydrogen-bond donors (Lipinski definition) is 0. The molecule has 0 heterocycles. The Bertz CT molecular complexity index is 523. The first-order chi connectivity index (χ1) is 8.59. The van der Waals surface area contributed by atoms with Crippen LogP contribution in [-0.2, 0) is 6.54 Å². The lowest BCUT2D eigenvalue weighted by atomic mass is 10.1. The minimum Gasteiger partial charge on any atom is -1.00 e. The van der Waals surface area contributed by atoms with Gasteiger partial charge in [-0.25, -0.2) is 4.79 Å². The van der Waals surface area contributed by atoms with Crippen LogP contribution in [0.5, 0.6) is 0 Å². The highest BCUT2D eigenvalue weighted by atomic mass is 35.5. The molecule has 100 valence electrons. The quantitative estimate of drug-likeness (QED) is 0.727. The van der Waals surface area contributed by atoms with Gasteiger partial charge in [-0.3, -0.25) is 4.48 Å². The van der Waals surface area contributed by atoms with E-state index in [0.717, 1.165) is 5.56 Å². The van der Waals surface area contributed by atoms with Crippen LogP contribution in [0.1, 0.15) is 15.9 Å². The van der Waals surface area contributed by atoms with Gasteiger partial charge in [0.2, 0.25) is 0 Å². The highest BCUT2D eigenvalue weighted by Gasteiger charge is 2.27.